The number of rotatable bonds is 4. The molecule has 1 unspecified atom stereocenters. The summed E-state index contributed by atoms with van der Waals surface area (Å²) in [6, 6.07) is 0.0185. The maximum absolute atomic E-state index is 11.6. The number of carbonyl (C=O) groups is 1. The summed E-state index contributed by atoms with van der Waals surface area (Å²) >= 11 is 0. The molecule has 0 aromatic carbocycles. The fraction of sp³-hybridized carbons (Fsp3) is 0.933. The van der Waals surface area contributed by atoms with Gasteiger partial charge >= 0.3 is 5.97 Å². The van der Waals surface area contributed by atoms with E-state index in [0.717, 1.165) is 17.8 Å². The highest BCUT2D eigenvalue weighted by molar-refractivity contribution is 5.70. The highest BCUT2D eigenvalue weighted by Crippen LogP contribution is 2.61. The molecule has 4 saturated carbocycles. The van der Waals surface area contributed by atoms with Crippen molar-refractivity contribution < 1.29 is 9.53 Å². The predicted molar refractivity (Wildman–Crippen MR) is 69.8 cm³/mol. The van der Waals surface area contributed by atoms with Gasteiger partial charge in [0.25, 0.3) is 0 Å². The number of hydrogen-bond donors (Lipinski definition) is 1. The van der Waals surface area contributed by atoms with Gasteiger partial charge in [-0.25, -0.2) is 0 Å². The second-order valence-electron chi connectivity index (χ2n) is 6.90. The zero-order chi connectivity index (χ0) is 12.8. The summed E-state index contributed by atoms with van der Waals surface area (Å²) in [4.78, 5) is 11.6. The molecular weight excluding hydrogens is 226 g/mol. The number of ether oxygens (including phenoxy) is 1. The Hall–Kier alpha value is -0.570. The van der Waals surface area contributed by atoms with Crippen molar-refractivity contribution in [2.45, 2.75) is 57.9 Å². The number of carbonyl (C=O) groups excluding carboxylic acids is 1. The first kappa shape index (κ1) is 12.5. The number of esters is 1. The first-order valence-electron chi connectivity index (χ1n) is 7.52. The van der Waals surface area contributed by atoms with Gasteiger partial charge in [-0.2, -0.15) is 0 Å². The Labute approximate surface area is 109 Å². The van der Waals surface area contributed by atoms with Gasteiger partial charge in [-0.05, 0) is 68.6 Å². The Kier molecular flexibility index (Phi) is 3.13. The fourth-order valence-corrected chi connectivity index (χ4v) is 5.25. The zero-order valence-electron chi connectivity index (χ0n) is 11.4. The van der Waals surface area contributed by atoms with E-state index in [1.54, 1.807) is 0 Å². The van der Waals surface area contributed by atoms with Crippen LogP contribution in [0, 0.1) is 23.2 Å². The summed E-state index contributed by atoms with van der Waals surface area (Å²) in [6.45, 7) is 2.32. The average Bonchev–Trinajstić information content (AvgIpc) is 2.27. The molecule has 3 heteroatoms. The van der Waals surface area contributed by atoms with E-state index in [4.69, 9.17) is 10.5 Å². The van der Waals surface area contributed by atoms with Crippen molar-refractivity contribution in [3.05, 3.63) is 0 Å². The summed E-state index contributed by atoms with van der Waals surface area (Å²) in [6.07, 6.45) is 8.47. The van der Waals surface area contributed by atoms with Crippen molar-refractivity contribution in [1.29, 1.82) is 0 Å². The van der Waals surface area contributed by atoms with Gasteiger partial charge in [-0.3, -0.25) is 4.79 Å². The van der Waals surface area contributed by atoms with Gasteiger partial charge in [0.1, 0.15) is 0 Å². The SMILES string of the molecule is CCOC(=O)CC(N)C12CC3CC(CC(C3)C1)C2. The van der Waals surface area contributed by atoms with Gasteiger partial charge in [0.05, 0.1) is 13.0 Å². The van der Waals surface area contributed by atoms with Gasteiger partial charge < -0.3 is 10.5 Å². The monoisotopic (exact) mass is 251 g/mol. The van der Waals surface area contributed by atoms with Crippen molar-refractivity contribution in [3.63, 3.8) is 0 Å². The lowest BCUT2D eigenvalue weighted by Gasteiger charge is -2.58. The number of hydrogen-bond acceptors (Lipinski definition) is 3. The molecule has 0 aromatic rings. The van der Waals surface area contributed by atoms with Crippen LogP contribution in [0.3, 0.4) is 0 Å². The minimum Gasteiger partial charge on any atom is -0.466 e. The van der Waals surface area contributed by atoms with Crippen LogP contribution < -0.4 is 5.73 Å². The molecule has 4 aliphatic carbocycles. The van der Waals surface area contributed by atoms with Gasteiger partial charge in [0.2, 0.25) is 0 Å². The topological polar surface area (TPSA) is 52.3 Å². The predicted octanol–water partition coefficient (Wildman–Crippen LogP) is 2.48. The second kappa shape index (κ2) is 4.52. The molecule has 1 atom stereocenters. The third-order valence-electron chi connectivity index (χ3n) is 5.56. The lowest BCUT2D eigenvalue weighted by Crippen LogP contribution is -2.55. The Morgan fingerprint density at radius 3 is 2.17 bits per heavy atom. The third kappa shape index (κ3) is 2.07. The quantitative estimate of drug-likeness (QED) is 0.781. The van der Waals surface area contributed by atoms with Crippen LogP contribution in [0.2, 0.25) is 0 Å². The van der Waals surface area contributed by atoms with Crippen molar-refractivity contribution in [2.75, 3.05) is 6.61 Å². The molecule has 4 fully saturated rings. The van der Waals surface area contributed by atoms with Crippen LogP contribution in [0.15, 0.2) is 0 Å². The van der Waals surface area contributed by atoms with Crippen molar-refractivity contribution in [3.8, 4) is 0 Å². The molecular formula is C15H25NO2. The molecule has 0 aromatic heterocycles. The summed E-state index contributed by atoms with van der Waals surface area (Å²) in [5, 5.41) is 0. The molecule has 0 heterocycles. The third-order valence-corrected chi connectivity index (χ3v) is 5.56. The van der Waals surface area contributed by atoms with E-state index in [1.807, 2.05) is 6.92 Å². The molecule has 0 amide bonds. The molecule has 0 aliphatic heterocycles. The zero-order valence-corrected chi connectivity index (χ0v) is 11.4. The fourth-order valence-electron chi connectivity index (χ4n) is 5.25. The number of nitrogens with two attached hydrogens (primary N) is 1. The van der Waals surface area contributed by atoms with Crippen LogP contribution in [0.25, 0.3) is 0 Å². The maximum Gasteiger partial charge on any atom is 0.307 e. The van der Waals surface area contributed by atoms with Gasteiger partial charge in [0.15, 0.2) is 0 Å². The molecule has 4 rings (SSSR count). The van der Waals surface area contributed by atoms with E-state index in [9.17, 15) is 4.79 Å². The highest BCUT2D eigenvalue weighted by atomic mass is 16.5. The van der Waals surface area contributed by atoms with Gasteiger partial charge in [0, 0.05) is 6.04 Å². The molecule has 18 heavy (non-hydrogen) atoms. The van der Waals surface area contributed by atoms with E-state index < -0.39 is 0 Å². The Bertz CT molecular complexity index is 304. The van der Waals surface area contributed by atoms with E-state index in [-0.39, 0.29) is 17.4 Å². The van der Waals surface area contributed by atoms with Gasteiger partial charge in [-0.15, -0.1) is 0 Å². The first-order valence-corrected chi connectivity index (χ1v) is 7.52. The molecule has 3 nitrogen and oxygen atoms in total. The van der Waals surface area contributed by atoms with E-state index in [1.165, 1.54) is 38.5 Å². The minimum absolute atomic E-state index is 0.0185. The Balaban J connectivity index is 1.69. The average molecular weight is 251 g/mol. The van der Waals surface area contributed by atoms with Crippen molar-refractivity contribution in [1.82, 2.24) is 0 Å². The van der Waals surface area contributed by atoms with Gasteiger partial charge in [-0.1, -0.05) is 0 Å². The minimum atomic E-state index is -0.110. The molecule has 0 radical (unpaired) electrons. The molecule has 102 valence electrons. The van der Waals surface area contributed by atoms with Crippen molar-refractivity contribution in [2.24, 2.45) is 28.9 Å². The lowest BCUT2D eigenvalue weighted by atomic mass is 9.47. The molecule has 4 aliphatic rings. The van der Waals surface area contributed by atoms with Crippen LogP contribution in [0.4, 0.5) is 0 Å². The van der Waals surface area contributed by atoms with Crippen LogP contribution in [0.5, 0.6) is 0 Å². The van der Waals surface area contributed by atoms with E-state index >= 15 is 0 Å². The standard InChI is InChI=1S/C15H25NO2/c1-2-18-14(17)6-13(16)15-7-10-3-11(8-15)5-12(4-10)9-15/h10-13H,2-9,16H2,1H3. The summed E-state index contributed by atoms with van der Waals surface area (Å²) < 4.78 is 5.06. The molecule has 4 bridgehead atoms. The van der Waals surface area contributed by atoms with E-state index in [0.29, 0.717) is 13.0 Å². The van der Waals surface area contributed by atoms with Crippen LogP contribution in [-0.4, -0.2) is 18.6 Å². The Morgan fingerprint density at radius 1 is 1.22 bits per heavy atom. The second-order valence-corrected chi connectivity index (χ2v) is 6.90. The Morgan fingerprint density at radius 2 is 1.72 bits per heavy atom. The maximum atomic E-state index is 11.6. The van der Waals surface area contributed by atoms with Crippen LogP contribution in [-0.2, 0) is 9.53 Å². The summed E-state index contributed by atoms with van der Waals surface area (Å²) in [5.41, 5.74) is 6.67. The highest BCUT2D eigenvalue weighted by Gasteiger charge is 2.53. The normalized spacial score (nSPS) is 42.9. The van der Waals surface area contributed by atoms with Crippen LogP contribution in [0.1, 0.15) is 51.9 Å². The summed E-state index contributed by atoms with van der Waals surface area (Å²) in [7, 11) is 0. The van der Waals surface area contributed by atoms with Crippen molar-refractivity contribution >= 4 is 5.97 Å². The molecule has 0 spiro atoms. The smallest absolute Gasteiger partial charge is 0.307 e. The van der Waals surface area contributed by atoms with Crippen LogP contribution >= 0.6 is 0 Å². The lowest BCUT2D eigenvalue weighted by molar-refractivity contribution is -0.146. The summed E-state index contributed by atoms with van der Waals surface area (Å²) in [5.74, 6) is 2.57. The first-order chi connectivity index (χ1) is 8.61. The molecule has 0 saturated heterocycles. The largest absolute Gasteiger partial charge is 0.466 e. The molecule has 2 N–H and O–H groups in total. The van der Waals surface area contributed by atoms with E-state index in [2.05, 4.69) is 0 Å².